The fraction of sp³-hybridized carbons (Fsp3) is 0. The zero-order chi connectivity index (χ0) is 11.8. The Morgan fingerprint density at radius 3 is 2.94 bits per heavy atom. The number of pyridine rings is 1. The minimum absolute atomic E-state index is 0.649. The lowest BCUT2D eigenvalue weighted by Gasteiger charge is -2.04. The van der Waals surface area contributed by atoms with Gasteiger partial charge in [0.05, 0.1) is 5.52 Å². The van der Waals surface area contributed by atoms with Crippen molar-refractivity contribution < 1.29 is 4.57 Å². The van der Waals surface area contributed by atoms with Crippen LogP contribution < -0.4 is 10.3 Å². The SMILES string of the molecule is Nc1ccc2[nH]ccc2[n+]1-c1[c]ccc(Cl)c1. The summed E-state index contributed by atoms with van der Waals surface area (Å²) in [5.74, 6) is 0.649. The molecule has 0 amide bonds. The number of H-pyrrole nitrogens is 1. The summed E-state index contributed by atoms with van der Waals surface area (Å²) in [6.45, 7) is 0. The predicted molar refractivity (Wildman–Crippen MR) is 68.1 cm³/mol. The number of benzene rings is 1. The number of aromatic nitrogens is 2. The Morgan fingerprint density at radius 2 is 2.12 bits per heavy atom. The molecule has 2 aromatic heterocycles. The van der Waals surface area contributed by atoms with Crippen molar-refractivity contribution in [2.75, 3.05) is 5.73 Å². The van der Waals surface area contributed by atoms with E-state index in [9.17, 15) is 0 Å². The number of aromatic amines is 1. The van der Waals surface area contributed by atoms with E-state index >= 15 is 0 Å². The Morgan fingerprint density at radius 1 is 1.24 bits per heavy atom. The van der Waals surface area contributed by atoms with Crippen LogP contribution in [0, 0.1) is 6.07 Å². The van der Waals surface area contributed by atoms with E-state index in [1.807, 2.05) is 35.0 Å². The van der Waals surface area contributed by atoms with Crippen LogP contribution in [0.3, 0.4) is 0 Å². The number of nitrogen functional groups attached to an aromatic ring is 1. The first-order valence-electron chi connectivity index (χ1n) is 5.21. The highest BCUT2D eigenvalue weighted by Gasteiger charge is 2.13. The summed E-state index contributed by atoms with van der Waals surface area (Å²) < 4.78 is 1.91. The summed E-state index contributed by atoms with van der Waals surface area (Å²) in [6, 6.07) is 14.3. The number of anilines is 1. The van der Waals surface area contributed by atoms with E-state index in [1.165, 1.54) is 0 Å². The van der Waals surface area contributed by atoms with Crippen LogP contribution in [0.4, 0.5) is 5.82 Å². The number of rotatable bonds is 1. The normalized spacial score (nSPS) is 10.9. The monoisotopic (exact) mass is 243 g/mol. The minimum atomic E-state index is 0.649. The number of fused-ring (bicyclic) bond motifs is 1. The fourth-order valence-electron chi connectivity index (χ4n) is 1.91. The number of nitrogens with two attached hydrogens (primary N) is 1. The van der Waals surface area contributed by atoms with Gasteiger partial charge < -0.3 is 4.98 Å². The van der Waals surface area contributed by atoms with Crippen molar-refractivity contribution in [3.63, 3.8) is 0 Å². The molecule has 83 valence electrons. The summed E-state index contributed by atoms with van der Waals surface area (Å²) in [5, 5.41) is 0.665. The number of hydrogen-bond acceptors (Lipinski definition) is 1. The third kappa shape index (κ3) is 1.65. The molecule has 0 saturated heterocycles. The maximum atomic E-state index is 6.01. The van der Waals surface area contributed by atoms with Crippen LogP contribution in [0.5, 0.6) is 0 Å². The van der Waals surface area contributed by atoms with Crippen LogP contribution in [-0.4, -0.2) is 4.98 Å². The first-order valence-corrected chi connectivity index (χ1v) is 5.59. The smallest absolute Gasteiger partial charge is 0.278 e. The Bertz CT molecular complexity index is 688. The molecule has 0 saturated carbocycles. The van der Waals surface area contributed by atoms with Gasteiger partial charge in [-0.3, -0.25) is 5.73 Å². The fourth-order valence-corrected chi connectivity index (χ4v) is 2.08. The summed E-state index contributed by atoms with van der Waals surface area (Å²) >= 11 is 5.99. The molecule has 0 unspecified atom stereocenters. The molecule has 3 N–H and O–H groups in total. The Balaban J connectivity index is 2.36. The third-order valence-corrected chi connectivity index (χ3v) is 2.90. The van der Waals surface area contributed by atoms with Gasteiger partial charge in [0, 0.05) is 35.5 Å². The lowest BCUT2D eigenvalue weighted by Crippen LogP contribution is -2.35. The van der Waals surface area contributed by atoms with Gasteiger partial charge in [0.15, 0.2) is 5.52 Å². The average Bonchev–Trinajstić information content (AvgIpc) is 2.76. The van der Waals surface area contributed by atoms with Crippen molar-refractivity contribution in [2.24, 2.45) is 0 Å². The molecule has 1 radical (unpaired) electrons. The van der Waals surface area contributed by atoms with Gasteiger partial charge in [-0.15, -0.1) is 0 Å². The molecule has 0 aliphatic heterocycles. The van der Waals surface area contributed by atoms with Crippen LogP contribution in [0.15, 0.2) is 42.6 Å². The Labute approximate surface area is 103 Å². The van der Waals surface area contributed by atoms with Gasteiger partial charge in [-0.25, -0.2) is 0 Å². The summed E-state index contributed by atoms with van der Waals surface area (Å²) in [7, 11) is 0. The van der Waals surface area contributed by atoms with Gasteiger partial charge in [-0.1, -0.05) is 11.6 Å². The molecule has 3 aromatic rings. The molecule has 1 aromatic carbocycles. The van der Waals surface area contributed by atoms with Gasteiger partial charge >= 0.3 is 0 Å². The largest absolute Gasteiger partial charge is 0.358 e. The van der Waals surface area contributed by atoms with Gasteiger partial charge in [0.25, 0.3) is 5.82 Å². The molecule has 0 aliphatic carbocycles. The number of hydrogen-bond donors (Lipinski definition) is 2. The molecule has 3 rings (SSSR count). The molecular weight excluding hydrogens is 234 g/mol. The second kappa shape index (κ2) is 3.79. The average molecular weight is 244 g/mol. The molecule has 0 bridgehead atoms. The quantitative estimate of drug-likeness (QED) is 0.634. The van der Waals surface area contributed by atoms with E-state index < -0.39 is 0 Å². The van der Waals surface area contributed by atoms with Gasteiger partial charge in [0.2, 0.25) is 0 Å². The van der Waals surface area contributed by atoms with Crippen molar-refractivity contribution in [1.82, 2.24) is 4.98 Å². The lowest BCUT2D eigenvalue weighted by molar-refractivity contribution is -0.551. The number of halogens is 1. The molecule has 0 fully saturated rings. The second-order valence-electron chi connectivity index (χ2n) is 3.76. The van der Waals surface area contributed by atoms with Crippen molar-refractivity contribution in [3.05, 3.63) is 53.7 Å². The maximum Gasteiger partial charge on any atom is 0.278 e. The van der Waals surface area contributed by atoms with Crippen LogP contribution in [-0.2, 0) is 0 Å². The molecule has 0 atom stereocenters. The first-order chi connectivity index (χ1) is 8.25. The van der Waals surface area contributed by atoms with E-state index in [4.69, 9.17) is 17.3 Å². The lowest BCUT2D eigenvalue weighted by atomic mass is 10.2. The van der Waals surface area contributed by atoms with E-state index in [-0.39, 0.29) is 0 Å². The second-order valence-corrected chi connectivity index (χ2v) is 4.20. The number of nitrogens with zero attached hydrogens (tertiary/aromatic N) is 1. The van der Waals surface area contributed by atoms with Crippen LogP contribution in [0.25, 0.3) is 16.7 Å². The molecule has 4 heteroatoms. The van der Waals surface area contributed by atoms with E-state index in [1.54, 1.807) is 12.1 Å². The standard InChI is InChI=1S/C13H9ClN3/c14-9-2-1-3-10(8-9)17-12-6-7-16-11(12)4-5-13(17)15/h1-2,4-8H,(H2,15,16)/p+1. The molecule has 2 heterocycles. The van der Waals surface area contributed by atoms with Crippen molar-refractivity contribution >= 4 is 28.5 Å². The highest BCUT2D eigenvalue weighted by Crippen LogP contribution is 2.15. The van der Waals surface area contributed by atoms with Crippen LogP contribution >= 0.6 is 11.6 Å². The van der Waals surface area contributed by atoms with E-state index in [0.717, 1.165) is 16.7 Å². The molecule has 0 spiro atoms. The summed E-state index contributed by atoms with van der Waals surface area (Å²) in [5.41, 5.74) is 8.87. The molecule has 0 aliphatic rings. The zero-order valence-corrected chi connectivity index (χ0v) is 9.70. The van der Waals surface area contributed by atoms with Gasteiger partial charge in [-0.2, -0.15) is 4.57 Å². The Hall–Kier alpha value is -2.00. The summed E-state index contributed by atoms with van der Waals surface area (Å²) in [4.78, 5) is 3.15. The molecular formula is C13H10ClN3+. The van der Waals surface area contributed by atoms with Crippen molar-refractivity contribution in [1.29, 1.82) is 0 Å². The predicted octanol–water partition coefficient (Wildman–Crippen LogP) is 2.48. The van der Waals surface area contributed by atoms with Gasteiger partial charge in [0.1, 0.15) is 5.69 Å². The van der Waals surface area contributed by atoms with Crippen LogP contribution in [0.1, 0.15) is 0 Å². The first kappa shape index (κ1) is 10.2. The van der Waals surface area contributed by atoms with Crippen molar-refractivity contribution in [2.45, 2.75) is 0 Å². The van der Waals surface area contributed by atoms with E-state index in [2.05, 4.69) is 11.1 Å². The minimum Gasteiger partial charge on any atom is -0.358 e. The maximum absolute atomic E-state index is 6.01. The summed E-state index contributed by atoms with van der Waals surface area (Å²) in [6.07, 6.45) is 1.88. The molecule has 17 heavy (non-hydrogen) atoms. The number of nitrogens with one attached hydrogen (secondary N) is 1. The van der Waals surface area contributed by atoms with E-state index in [0.29, 0.717) is 10.8 Å². The highest BCUT2D eigenvalue weighted by atomic mass is 35.5. The van der Waals surface area contributed by atoms with Gasteiger partial charge in [-0.05, 0) is 18.2 Å². The molecule has 3 nitrogen and oxygen atoms in total. The third-order valence-electron chi connectivity index (χ3n) is 2.67. The topological polar surface area (TPSA) is 45.7 Å². The zero-order valence-electron chi connectivity index (χ0n) is 8.94. The Kier molecular flexibility index (Phi) is 2.27. The van der Waals surface area contributed by atoms with Crippen molar-refractivity contribution in [3.8, 4) is 5.69 Å². The highest BCUT2D eigenvalue weighted by molar-refractivity contribution is 6.30. The van der Waals surface area contributed by atoms with Crippen LogP contribution in [0.2, 0.25) is 5.02 Å².